The Kier molecular flexibility index (Phi) is 21.6. The van der Waals surface area contributed by atoms with Crippen LogP contribution in [-0.2, 0) is 56.9 Å². The third kappa shape index (κ3) is 12.4. The van der Waals surface area contributed by atoms with Crippen molar-refractivity contribution in [2.45, 2.75) is 279 Å². The van der Waals surface area contributed by atoms with Crippen molar-refractivity contribution in [1.82, 2.24) is 0 Å². The van der Waals surface area contributed by atoms with Gasteiger partial charge in [0.1, 0.15) is 116 Å². The summed E-state index contributed by atoms with van der Waals surface area (Å²) in [6, 6.07) is 0. The number of hydrogen-bond donors (Lipinski definition) is 18. The van der Waals surface area contributed by atoms with E-state index in [4.69, 9.17) is 52.1 Å². The van der Waals surface area contributed by atoms with Gasteiger partial charge in [0, 0.05) is 12.3 Å². The molecule has 0 bridgehead atoms. The Morgan fingerprint density at radius 1 is 0.489 bits per heavy atom. The smallest absolute Gasteiger partial charge is 0.303 e. The summed E-state index contributed by atoms with van der Waals surface area (Å²) in [6.07, 6.45) is -38.5. The summed E-state index contributed by atoms with van der Waals surface area (Å²) in [6.45, 7) is 12.2. The van der Waals surface area contributed by atoms with Gasteiger partial charge in [-0.3, -0.25) is 4.79 Å². The summed E-state index contributed by atoms with van der Waals surface area (Å²) in [7, 11) is 0. The summed E-state index contributed by atoms with van der Waals surface area (Å²) in [5.41, 5.74) is -2.77. The number of carbonyl (C=O) groups excluding carboxylic acids is 1. The summed E-state index contributed by atoms with van der Waals surface area (Å²) >= 11 is 0. The zero-order valence-corrected chi connectivity index (χ0v) is 53.3. The molecule has 4 saturated carbocycles. The first-order chi connectivity index (χ1) is 43.1. The van der Waals surface area contributed by atoms with Crippen molar-refractivity contribution in [1.29, 1.82) is 0 Å². The van der Waals surface area contributed by atoms with Gasteiger partial charge in [-0.25, -0.2) is 0 Å². The highest BCUT2D eigenvalue weighted by Gasteiger charge is 2.71. The first-order valence-electron chi connectivity index (χ1n) is 32.4. The van der Waals surface area contributed by atoms with E-state index in [2.05, 4.69) is 40.7 Å². The van der Waals surface area contributed by atoms with Crippen molar-refractivity contribution in [2.24, 2.45) is 50.2 Å². The second-order valence-corrected chi connectivity index (χ2v) is 29.9. The van der Waals surface area contributed by atoms with Crippen LogP contribution in [0.25, 0.3) is 0 Å². The summed E-state index contributed by atoms with van der Waals surface area (Å²) in [5.74, 6) is -1.12. The van der Waals surface area contributed by atoms with E-state index in [1.54, 1.807) is 0 Å². The van der Waals surface area contributed by atoms with Gasteiger partial charge in [-0.15, -0.1) is 0 Å². The molecule has 9 fully saturated rings. The van der Waals surface area contributed by atoms with E-state index in [9.17, 15) is 96.7 Å². The minimum absolute atomic E-state index is 0.0331. The second-order valence-electron chi connectivity index (χ2n) is 29.9. The average Bonchev–Trinajstić information content (AvgIpc) is 0.675. The van der Waals surface area contributed by atoms with Gasteiger partial charge in [0.2, 0.25) is 0 Å². The predicted octanol–water partition coefficient (Wildman–Crippen LogP) is -5.23. The van der Waals surface area contributed by atoms with Crippen LogP contribution in [0, 0.1) is 50.2 Å². The molecule has 0 radical (unpaired) electrons. The van der Waals surface area contributed by atoms with Gasteiger partial charge in [-0.05, 0) is 96.2 Å². The molecule has 92 heavy (non-hydrogen) atoms. The van der Waals surface area contributed by atoms with Crippen LogP contribution in [0.4, 0.5) is 0 Å². The number of rotatable bonds is 17. The highest BCUT2D eigenvalue weighted by molar-refractivity contribution is 5.66. The van der Waals surface area contributed by atoms with E-state index in [1.807, 2.05) is 13.8 Å². The lowest BCUT2D eigenvalue weighted by molar-refractivity contribution is -0.376. The van der Waals surface area contributed by atoms with Gasteiger partial charge >= 0.3 is 5.97 Å². The Morgan fingerprint density at radius 3 is 1.52 bits per heavy atom. The molecule has 5 saturated heterocycles. The van der Waals surface area contributed by atoms with Gasteiger partial charge < -0.3 is 144 Å². The van der Waals surface area contributed by atoms with Crippen LogP contribution in [-0.4, -0.2) is 309 Å². The molecule has 30 heteroatoms. The van der Waals surface area contributed by atoms with Crippen molar-refractivity contribution in [3.8, 4) is 0 Å². The number of allylic oxidation sites excluding steroid dienone is 2. The normalized spacial score (nSPS) is 53.4. The molecule has 0 aromatic rings. The van der Waals surface area contributed by atoms with Crippen LogP contribution in [0.3, 0.4) is 0 Å². The number of aliphatic hydroxyl groups excluding tert-OH is 18. The van der Waals surface area contributed by atoms with Gasteiger partial charge in [-0.2, -0.15) is 0 Å². The van der Waals surface area contributed by atoms with Crippen LogP contribution < -0.4 is 0 Å². The fraction of sp³-hybridized carbons (Fsp3) is 0.952. The molecule has 10 rings (SSSR count). The molecule has 5 aliphatic heterocycles. The zero-order valence-electron chi connectivity index (χ0n) is 53.3. The van der Waals surface area contributed by atoms with Crippen LogP contribution in [0.2, 0.25) is 0 Å². The van der Waals surface area contributed by atoms with Crippen LogP contribution in [0.5, 0.6) is 0 Å². The monoisotopic (exact) mass is 1330 g/mol. The lowest BCUT2D eigenvalue weighted by Crippen LogP contribution is -2.69. The maximum Gasteiger partial charge on any atom is 0.303 e. The van der Waals surface area contributed by atoms with Crippen molar-refractivity contribution < 1.29 is 149 Å². The van der Waals surface area contributed by atoms with Gasteiger partial charge in [0.15, 0.2) is 37.6 Å². The summed E-state index contributed by atoms with van der Waals surface area (Å²) in [5, 5.41) is 197. The molecule has 0 spiro atoms. The van der Waals surface area contributed by atoms with Gasteiger partial charge in [-0.1, -0.05) is 60.1 Å². The summed E-state index contributed by atoms with van der Waals surface area (Å²) < 4.78 is 65.9. The number of carbonyl (C=O) groups is 1. The van der Waals surface area contributed by atoms with E-state index in [1.165, 1.54) is 0 Å². The largest absolute Gasteiger partial charge is 0.457 e. The quantitative estimate of drug-likeness (QED) is 0.0368. The van der Waals surface area contributed by atoms with E-state index < -0.39 is 238 Å². The molecule has 30 nitrogen and oxygen atoms in total. The fourth-order valence-electron chi connectivity index (χ4n) is 18.3. The van der Waals surface area contributed by atoms with Crippen molar-refractivity contribution in [2.75, 3.05) is 39.6 Å². The SMILES string of the molecule is CC(=O)O[C@H]1[C@H](O)[C@@H](O)[C@H](O[C@@H]2CC[C@]3(C)[C@H]4CC=C5[C@@H]6CC(C)(C)[C@@H](O)[C@H](O)[C@]6(CO[C@H]6O[C@@H](CO[C@H]7O[C@@H](CO)[C@H](O)[C@@H](O)[C@@H]7O)[C@H](O)[C@@H](O)[C@@H]6O[C@@H]6O[C@H](CO)[C@@H](O)[C@H](O)[C@H]6O)CC[C@@]5(C)[C@]4(C)CC[C@H]3C2(C)C)O[C@@H]1CO[C@@H]1O[C@H](CO)[C@@H](O)[C@H](O)[C@H]1O. The molecule has 530 valence electrons. The third-order valence-electron chi connectivity index (χ3n) is 24.1. The number of fused-ring (bicyclic) bond motifs is 7. The molecule has 35 atom stereocenters. The molecule has 10 aliphatic rings. The molecular weight excluding hydrogens is 1220 g/mol. The average molecular weight is 1330 g/mol. The number of hydrogen-bond acceptors (Lipinski definition) is 30. The van der Waals surface area contributed by atoms with E-state index >= 15 is 0 Å². The van der Waals surface area contributed by atoms with Crippen molar-refractivity contribution in [3.63, 3.8) is 0 Å². The zero-order chi connectivity index (χ0) is 67.4. The Hall–Kier alpha value is -1.91. The predicted molar refractivity (Wildman–Crippen MR) is 308 cm³/mol. The second kappa shape index (κ2) is 27.3. The molecule has 0 amide bonds. The molecule has 18 N–H and O–H groups in total. The Balaban J connectivity index is 0.895. The first kappa shape index (κ1) is 72.8. The maximum absolute atomic E-state index is 12.8. The number of esters is 1. The van der Waals surface area contributed by atoms with Gasteiger partial charge in [0.05, 0.1) is 58.0 Å². The van der Waals surface area contributed by atoms with E-state index in [0.29, 0.717) is 38.5 Å². The molecule has 0 aromatic carbocycles. The minimum atomic E-state index is -1.98. The maximum atomic E-state index is 12.8. The standard InChI is InChI=1S/C62H102O30/c1-24(66)85-48-31(22-83-53-45(77)40(72)36(68)28(19-64)87-53)90-54(47(79)43(48)75)91-34-12-13-59(6)32(58(34,4)5)11-14-61(8)33(59)10-9-25-26-17-57(2,3)50(80)51(81)62(26,16-15-60(25,61)7)23-84-56-49(92-55-46(78)41(73)37(69)29(20-65)88-55)42(74)38(70)30(89-56)21-82-52-44(76)39(71)35(67)27(18-63)86-52/h9,26-56,63-65,67-81H,10-23H2,1-8H3/t26-,27-,28+,29+,30-,31+,32-,33+,34+,35-,36+,37+,38-,39+,40-,41-,42+,43+,44-,45+,46+,47+,48+,49-,50-,51-,52-,53+,54-,55-,56-,59-,60+,61+,62-/m0/s1. The molecule has 5 aliphatic carbocycles. The Morgan fingerprint density at radius 2 is 0.967 bits per heavy atom. The highest BCUT2D eigenvalue weighted by atomic mass is 16.8. The number of ether oxygens (including phenoxy) is 11. The van der Waals surface area contributed by atoms with Crippen LogP contribution in [0.15, 0.2) is 11.6 Å². The lowest BCUT2D eigenvalue weighted by Gasteiger charge is -2.72. The Labute approximate surface area is 533 Å². The summed E-state index contributed by atoms with van der Waals surface area (Å²) in [4.78, 5) is 12.3. The van der Waals surface area contributed by atoms with Crippen molar-refractivity contribution >= 4 is 5.97 Å². The third-order valence-corrected chi connectivity index (χ3v) is 24.1. The minimum Gasteiger partial charge on any atom is -0.457 e. The fourth-order valence-corrected chi connectivity index (χ4v) is 18.3. The molecule has 0 aromatic heterocycles. The Bertz CT molecular complexity index is 2540. The van der Waals surface area contributed by atoms with E-state index in [0.717, 1.165) is 25.3 Å². The molecule has 0 unspecified atom stereocenters. The van der Waals surface area contributed by atoms with E-state index in [-0.39, 0.29) is 29.3 Å². The molecule has 5 heterocycles. The van der Waals surface area contributed by atoms with Crippen molar-refractivity contribution in [3.05, 3.63) is 11.6 Å². The first-order valence-corrected chi connectivity index (χ1v) is 32.4. The van der Waals surface area contributed by atoms with Gasteiger partial charge in [0.25, 0.3) is 0 Å². The number of aliphatic hydroxyl groups is 18. The topological polar surface area (TPSA) is 483 Å². The highest BCUT2D eigenvalue weighted by Crippen LogP contribution is 2.76. The van der Waals surface area contributed by atoms with Crippen LogP contribution in [0.1, 0.15) is 107 Å². The lowest BCUT2D eigenvalue weighted by atomic mass is 9.33. The molecular formula is C62H102O30. The van der Waals surface area contributed by atoms with Crippen LogP contribution >= 0.6 is 0 Å².